The summed E-state index contributed by atoms with van der Waals surface area (Å²) in [5.74, 6) is -0.0904. The zero-order valence-corrected chi connectivity index (χ0v) is 9.73. The third kappa shape index (κ3) is 5.93. The molecular weight excluding hydrogens is 204 g/mol. The van der Waals surface area contributed by atoms with Crippen LogP contribution in [0.3, 0.4) is 0 Å². The van der Waals surface area contributed by atoms with Crippen molar-refractivity contribution < 1.29 is 13.2 Å². The van der Waals surface area contributed by atoms with Crippen LogP contribution in [-0.4, -0.2) is 44.5 Å². The van der Waals surface area contributed by atoms with E-state index in [2.05, 4.69) is 5.32 Å². The van der Waals surface area contributed by atoms with E-state index in [1.807, 2.05) is 0 Å². The molecular formula is C8H18N2O3S. The summed E-state index contributed by atoms with van der Waals surface area (Å²) >= 11 is 0. The fourth-order valence-corrected chi connectivity index (χ4v) is 2.01. The van der Waals surface area contributed by atoms with Gasteiger partial charge in [-0.15, -0.1) is 0 Å². The van der Waals surface area contributed by atoms with E-state index in [0.717, 1.165) is 0 Å². The van der Waals surface area contributed by atoms with Crippen LogP contribution >= 0.6 is 0 Å². The molecule has 0 bridgehead atoms. The predicted octanol–water partition coefficient (Wildman–Crippen LogP) is -0.206. The Labute approximate surface area is 85.5 Å². The molecule has 0 aliphatic heterocycles. The molecule has 0 saturated heterocycles. The van der Waals surface area contributed by atoms with Crippen LogP contribution in [0, 0.1) is 0 Å². The molecule has 0 rings (SSSR count). The Bertz CT molecular complexity index is 274. The molecule has 0 radical (unpaired) electrons. The summed E-state index contributed by atoms with van der Waals surface area (Å²) in [6, 6.07) is 0. The molecule has 1 amide bonds. The molecule has 0 aromatic carbocycles. The Kier molecular flexibility index (Phi) is 5.71. The first-order chi connectivity index (χ1) is 6.38. The molecule has 0 aliphatic carbocycles. The van der Waals surface area contributed by atoms with Crippen molar-refractivity contribution in [3.63, 3.8) is 0 Å². The minimum Gasteiger partial charge on any atom is -0.356 e. The molecule has 0 heterocycles. The fraction of sp³-hybridized carbons (Fsp3) is 0.875. The molecule has 84 valence electrons. The van der Waals surface area contributed by atoms with Crippen LogP contribution in [0.15, 0.2) is 0 Å². The minimum absolute atomic E-state index is 0.0904. The van der Waals surface area contributed by atoms with Crippen LogP contribution < -0.4 is 5.32 Å². The first-order valence-electron chi connectivity index (χ1n) is 4.57. The SMILES string of the molecule is CCN(CCCNC(C)=O)S(C)(=O)=O. The van der Waals surface area contributed by atoms with E-state index in [-0.39, 0.29) is 5.91 Å². The monoisotopic (exact) mass is 222 g/mol. The Balaban J connectivity index is 3.81. The Morgan fingerprint density at radius 3 is 2.36 bits per heavy atom. The third-order valence-corrected chi connectivity index (χ3v) is 3.16. The second-order valence-corrected chi connectivity index (χ2v) is 5.07. The highest BCUT2D eigenvalue weighted by Crippen LogP contribution is 1.97. The van der Waals surface area contributed by atoms with Crippen molar-refractivity contribution in [3.8, 4) is 0 Å². The van der Waals surface area contributed by atoms with Crippen LogP contribution in [0.2, 0.25) is 0 Å². The number of nitrogens with zero attached hydrogens (tertiary/aromatic N) is 1. The number of hydrogen-bond acceptors (Lipinski definition) is 3. The van der Waals surface area contributed by atoms with Gasteiger partial charge in [-0.2, -0.15) is 0 Å². The largest absolute Gasteiger partial charge is 0.356 e. The topological polar surface area (TPSA) is 66.5 Å². The van der Waals surface area contributed by atoms with Crippen molar-refractivity contribution >= 4 is 15.9 Å². The van der Waals surface area contributed by atoms with E-state index in [1.165, 1.54) is 17.5 Å². The van der Waals surface area contributed by atoms with Gasteiger partial charge in [0.25, 0.3) is 0 Å². The predicted molar refractivity (Wildman–Crippen MR) is 55.4 cm³/mol. The molecule has 1 N–H and O–H groups in total. The summed E-state index contributed by atoms with van der Waals surface area (Å²) in [7, 11) is -3.10. The zero-order valence-electron chi connectivity index (χ0n) is 8.91. The third-order valence-electron chi connectivity index (χ3n) is 1.78. The van der Waals surface area contributed by atoms with E-state index in [1.54, 1.807) is 6.92 Å². The number of sulfonamides is 1. The Morgan fingerprint density at radius 2 is 2.00 bits per heavy atom. The molecule has 6 heteroatoms. The van der Waals surface area contributed by atoms with Crippen LogP contribution in [0.25, 0.3) is 0 Å². The number of carbonyl (C=O) groups is 1. The van der Waals surface area contributed by atoms with Crippen LogP contribution in [0.4, 0.5) is 0 Å². The van der Waals surface area contributed by atoms with E-state index >= 15 is 0 Å². The standard InChI is InChI=1S/C8H18N2O3S/c1-4-10(14(3,12)13)7-5-6-9-8(2)11/h4-7H2,1-3H3,(H,9,11). The highest BCUT2D eigenvalue weighted by molar-refractivity contribution is 7.88. The molecule has 5 nitrogen and oxygen atoms in total. The van der Waals surface area contributed by atoms with Crippen molar-refractivity contribution in [1.29, 1.82) is 0 Å². The maximum atomic E-state index is 11.1. The normalized spacial score (nSPS) is 11.7. The van der Waals surface area contributed by atoms with Crippen LogP contribution in [-0.2, 0) is 14.8 Å². The van der Waals surface area contributed by atoms with E-state index in [4.69, 9.17) is 0 Å². The van der Waals surface area contributed by atoms with Crippen molar-refractivity contribution in [2.75, 3.05) is 25.9 Å². The van der Waals surface area contributed by atoms with Gasteiger partial charge >= 0.3 is 0 Å². The molecule has 0 atom stereocenters. The Hall–Kier alpha value is -0.620. The summed E-state index contributed by atoms with van der Waals surface area (Å²) in [4.78, 5) is 10.5. The first-order valence-corrected chi connectivity index (χ1v) is 6.42. The number of carbonyl (C=O) groups excluding carboxylic acids is 1. The van der Waals surface area contributed by atoms with Crippen LogP contribution in [0.1, 0.15) is 20.3 Å². The maximum Gasteiger partial charge on any atom is 0.216 e. The van der Waals surface area contributed by atoms with Gasteiger partial charge in [0.15, 0.2) is 0 Å². The lowest BCUT2D eigenvalue weighted by Crippen LogP contribution is -2.33. The molecule has 0 aliphatic rings. The van der Waals surface area contributed by atoms with Crippen molar-refractivity contribution in [2.45, 2.75) is 20.3 Å². The fourth-order valence-electron chi connectivity index (χ4n) is 1.08. The van der Waals surface area contributed by atoms with Crippen LogP contribution in [0.5, 0.6) is 0 Å². The van der Waals surface area contributed by atoms with Gasteiger partial charge in [0.05, 0.1) is 6.26 Å². The highest BCUT2D eigenvalue weighted by atomic mass is 32.2. The molecule has 0 aromatic rings. The molecule has 14 heavy (non-hydrogen) atoms. The molecule has 0 saturated carbocycles. The molecule has 0 unspecified atom stereocenters. The lowest BCUT2D eigenvalue weighted by Gasteiger charge is -2.17. The number of nitrogens with one attached hydrogen (secondary N) is 1. The quantitative estimate of drug-likeness (QED) is 0.633. The zero-order chi connectivity index (χ0) is 11.2. The van der Waals surface area contributed by atoms with Crippen molar-refractivity contribution in [3.05, 3.63) is 0 Å². The summed E-state index contributed by atoms with van der Waals surface area (Å²) in [5.41, 5.74) is 0. The van der Waals surface area contributed by atoms with Gasteiger partial charge in [-0.3, -0.25) is 4.79 Å². The van der Waals surface area contributed by atoms with E-state index in [9.17, 15) is 13.2 Å². The number of amides is 1. The highest BCUT2D eigenvalue weighted by Gasteiger charge is 2.12. The smallest absolute Gasteiger partial charge is 0.216 e. The Morgan fingerprint density at radius 1 is 1.43 bits per heavy atom. The van der Waals surface area contributed by atoms with E-state index in [0.29, 0.717) is 26.1 Å². The van der Waals surface area contributed by atoms with Gasteiger partial charge in [0.1, 0.15) is 0 Å². The average molecular weight is 222 g/mol. The second-order valence-electron chi connectivity index (χ2n) is 3.09. The maximum absolute atomic E-state index is 11.1. The van der Waals surface area contributed by atoms with E-state index < -0.39 is 10.0 Å². The number of rotatable bonds is 6. The molecule has 0 spiro atoms. The summed E-state index contributed by atoms with van der Waals surface area (Å²) in [6.07, 6.45) is 1.83. The summed E-state index contributed by atoms with van der Waals surface area (Å²) in [5, 5.41) is 2.62. The van der Waals surface area contributed by atoms with Gasteiger partial charge in [0, 0.05) is 26.6 Å². The van der Waals surface area contributed by atoms with Gasteiger partial charge in [-0.05, 0) is 6.42 Å². The van der Waals surface area contributed by atoms with Gasteiger partial charge in [-0.25, -0.2) is 12.7 Å². The number of hydrogen-bond donors (Lipinski definition) is 1. The summed E-state index contributed by atoms with van der Waals surface area (Å²) in [6.45, 7) is 4.67. The van der Waals surface area contributed by atoms with Gasteiger partial charge in [-0.1, -0.05) is 6.92 Å². The summed E-state index contributed by atoms with van der Waals surface area (Å²) < 4.78 is 23.6. The lowest BCUT2D eigenvalue weighted by atomic mass is 10.4. The van der Waals surface area contributed by atoms with Crippen molar-refractivity contribution in [2.24, 2.45) is 0 Å². The molecule has 0 aromatic heterocycles. The second kappa shape index (κ2) is 5.98. The first kappa shape index (κ1) is 13.4. The lowest BCUT2D eigenvalue weighted by molar-refractivity contribution is -0.118. The van der Waals surface area contributed by atoms with Crippen molar-refractivity contribution in [1.82, 2.24) is 9.62 Å². The molecule has 0 fully saturated rings. The average Bonchev–Trinajstić information content (AvgIpc) is 2.01. The minimum atomic E-state index is -3.10. The van der Waals surface area contributed by atoms with Gasteiger partial charge in [0.2, 0.25) is 15.9 Å². The van der Waals surface area contributed by atoms with Gasteiger partial charge < -0.3 is 5.32 Å².